The predicted octanol–water partition coefficient (Wildman–Crippen LogP) is 6.06. The molecular formula is C37H31N3O7S. The van der Waals surface area contributed by atoms with E-state index in [-0.39, 0.29) is 30.2 Å². The summed E-state index contributed by atoms with van der Waals surface area (Å²) in [5.74, 6) is -1.36. The van der Waals surface area contributed by atoms with Crippen LogP contribution < -0.4 is 0 Å². The number of thioether (sulfide) groups is 1. The first-order valence-electron chi connectivity index (χ1n) is 15.2. The van der Waals surface area contributed by atoms with E-state index in [1.807, 2.05) is 91.0 Å². The number of amides is 1. The lowest BCUT2D eigenvalue weighted by Crippen LogP contribution is -2.73. The molecule has 0 radical (unpaired) electrons. The first-order valence-corrected chi connectivity index (χ1v) is 16.3. The Hall–Kier alpha value is -5.55. The number of aliphatic imine (C=N–C) groups is 1. The van der Waals surface area contributed by atoms with Crippen molar-refractivity contribution in [3.8, 4) is 0 Å². The third-order valence-corrected chi connectivity index (χ3v) is 9.59. The summed E-state index contributed by atoms with van der Waals surface area (Å²) >= 11 is 1.42. The zero-order valence-corrected chi connectivity index (χ0v) is 26.7. The summed E-state index contributed by atoms with van der Waals surface area (Å²) in [5.41, 5.74) is 2.11. The van der Waals surface area contributed by atoms with Crippen molar-refractivity contribution in [1.29, 1.82) is 0 Å². The van der Waals surface area contributed by atoms with Crippen molar-refractivity contribution in [3.63, 3.8) is 0 Å². The van der Waals surface area contributed by atoms with Gasteiger partial charge >= 0.3 is 11.9 Å². The second kappa shape index (κ2) is 14.1. The van der Waals surface area contributed by atoms with Gasteiger partial charge in [-0.25, -0.2) is 4.79 Å². The minimum Gasteiger partial charge on any atom is -0.461 e. The second-order valence-electron chi connectivity index (χ2n) is 11.4. The molecule has 4 aromatic rings. The Bertz CT molecular complexity index is 1840. The molecule has 0 bridgehead atoms. The summed E-state index contributed by atoms with van der Waals surface area (Å²) in [6.45, 7) is 1.10. The molecule has 242 valence electrons. The molecule has 48 heavy (non-hydrogen) atoms. The second-order valence-corrected chi connectivity index (χ2v) is 12.4. The van der Waals surface area contributed by atoms with E-state index in [0.717, 1.165) is 16.7 Å². The third-order valence-electron chi connectivity index (χ3n) is 8.16. The molecule has 2 heterocycles. The summed E-state index contributed by atoms with van der Waals surface area (Å²) < 4.78 is 11.5. The van der Waals surface area contributed by atoms with Gasteiger partial charge in [0.1, 0.15) is 17.7 Å². The van der Waals surface area contributed by atoms with Gasteiger partial charge in [0.15, 0.2) is 11.6 Å². The summed E-state index contributed by atoms with van der Waals surface area (Å²) in [5, 5.41) is 10.6. The molecule has 1 unspecified atom stereocenters. The molecular weight excluding hydrogens is 630 g/mol. The van der Waals surface area contributed by atoms with Crippen LogP contribution in [0.15, 0.2) is 132 Å². The van der Waals surface area contributed by atoms with Crippen molar-refractivity contribution in [2.24, 2.45) is 4.99 Å². The number of benzene rings is 4. The molecule has 1 amide bonds. The van der Waals surface area contributed by atoms with Crippen LogP contribution in [0.4, 0.5) is 5.69 Å². The number of β-lactam (4-membered cyclic amide) rings is 1. The summed E-state index contributed by atoms with van der Waals surface area (Å²) in [6.07, 6.45) is 1.03. The topological polar surface area (TPSA) is 128 Å². The van der Waals surface area contributed by atoms with Crippen LogP contribution in [-0.2, 0) is 30.3 Å². The molecule has 2 aliphatic rings. The molecule has 0 saturated carbocycles. The van der Waals surface area contributed by atoms with E-state index in [9.17, 15) is 24.5 Å². The number of ether oxygens (including phenoxy) is 2. The fourth-order valence-corrected chi connectivity index (χ4v) is 7.26. The lowest BCUT2D eigenvalue weighted by Gasteiger charge is -2.55. The predicted molar refractivity (Wildman–Crippen MR) is 181 cm³/mol. The number of non-ortho nitro benzene ring substituents is 1. The highest BCUT2D eigenvalue weighted by atomic mass is 32.2. The number of nitro benzene ring substituents is 1. The van der Waals surface area contributed by atoms with E-state index in [1.54, 1.807) is 18.3 Å². The Morgan fingerprint density at radius 3 is 2.10 bits per heavy atom. The van der Waals surface area contributed by atoms with E-state index in [2.05, 4.69) is 0 Å². The molecule has 1 saturated heterocycles. The number of rotatable bonds is 11. The smallest absolute Gasteiger partial charge is 0.356 e. The van der Waals surface area contributed by atoms with Crippen molar-refractivity contribution >= 4 is 41.5 Å². The van der Waals surface area contributed by atoms with Crippen LogP contribution in [0.3, 0.4) is 0 Å². The monoisotopic (exact) mass is 661 g/mol. The SMILES string of the molecule is CC(=O)OCC1=C(C(=O)OC(c2ccccc2)c2ccccc2)N2C(=O)C(Cc3ccccc3)(N=Cc3ccc([N+](=O)[O-])cc3)[C@H]2SC1. The summed E-state index contributed by atoms with van der Waals surface area (Å²) in [6, 6.07) is 34.0. The highest BCUT2D eigenvalue weighted by molar-refractivity contribution is 8.00. The average molecular weight is 662 g/mol. The van der Waals surface area contributed by atoms with E-state index in [4.69, 9.17) is 14.5 Å². The van der Waals surface area contributed by atoms with Crippen molar-refractivity contribution in [1.82, 2.24) is 4.90 Å². The maximum atomic E-state index is 14.5. The molecule has 4 aromatic carbocycles. The van der Waals surface area contributed by atoms with Crippen LogP contribution in [-0.4, -0.2) is 57.2 Å². The Labute approximate surface area is 281 Å². The highest BCUT2D eigenvalue weighted by Crippen LogP contribution is 2.50. The average Bonchev–Trinajstić information content (AvgIpc) is 3.12. The molecule has 0 aliphatic carbocycles. The lowest BCUT2D eigenvalue weighted by molar-refractivity contribution is -0.384. The van der Waals surface area contributed by atoms with Gasteiger partial charge in [0.2, 0.25) is 0 Å². The first kappa shape index (κ1) is 32.4. The molecule has 1 fully saturated rings. The molecule has 2 atom stereocenters. The molecule has 0 N–H and O–H groups in total. The summed E-state index contributed by atoms with van der Waals surface area (Å²) in [7, 11) is 0. The number of fused-ring (bicyclic) bond motifs is 1. The minimum atomic E-state index is -1.29. The molecule has 0 spiro atoms. The fourth-order valence-electron chi connectivity index (χ4n) is 5.81. The Balaban J connectivity index is 1.38. The number of carbonyl (C=O) groups is 3. The van der Waals surface area contributed by atoms with Gasteiger partial charge in [-0.05, 0) is 34.4 Å². The minimum absolute atomic E-state index is 0.0380. The molecule has 11 heteroatoms. The van der Waals surface area contributed by atoms with Crippen molar-refractivity contribution in [2.75, 3.05) is 12.4 Å². The van der Waals surface area contributed by atoms with Crippen LogP contribution >= 0.6 is 11.8 Å². The van der Waals surface area contributed by atoms with Gasteiger partial charge in [0.25, 0.3) is 11.6 Å². The van der Waals surface area contributed by atoms with Crippen molar-refractivity contribution < 1.29 is 28.8 Å². The first-order chi connectivity index (χ1) is 23.3. The quantitative estimate of drug-likeness (QED) is 0.0624. The van der Waals surface area contributed by atoms with Crippen molar-refractivity contribution in [3.05, 3.63) is 159 Å². The molecule has 0 aromatic heterocycles. The van der Waals surface area contributed by atoms with Crippen LogP contribution in [0.25, 0.3) is 0 Å². The zero-order chi connectivity index (χ0) is 33.7. The molecule has 2 aliphatic heterocycles. The van der Waals surface area contributed by atoms with E-state index >= 15 is 0 Å². The van der Waals surface area contributed by atoms with Crippen LogP contribution in [0, 0.1) is 10.1 Å². The van der Waals surface area contributed by atoms with Gasteiger partial charge in [0, 0.05) is 43.0 Å². The Kier molecular flexibility index (Phi) is 9.49. The molecule has 10 nitrogen and oxygen atoms in total. The number of nitro groups is 1. The summed E-state index contributed by atoms with van der Waals surface area (Å²) in [4.78, 5) is 57.5. The normalized spacial score (nSPS) is 18.8. The van der Waals surface area contributed by atoms with Crippen LogP contribution in [0.1, 0.15) is 35.3 Å². The standard InChI is InChI=1S/C37H31N3O7S/c1-25(41)46-23-30-24-48-36-37(21-26-11-5-2-6-12-26,38-22-27-17-19-31(20-18-27)40(44)45)35(43)39(36)32(30)34(42)47-33(28-13-7-3-8-14-28)29-15-9-4-10-16-29/h2-20,22,33,36H,21,23-24H2,1H3/t36-,37?/m1/s1. The largest absolute Gasteiger partial charge is 0.461 e. The Morgan fingerprint density at radius 1 is 0.958 bits per heavy atom. The van der Waals surface area contributed by atoms with Gasteiger partial charge in [-0.15, -0.1) is 11.8 Å². The highest BCUT2D eigenvalue weighted by Gasteiger charge is 2.64. The van der Waals surface area contributed by atoms with Crippen LogP contribution in [0.2, 0.25) is 0 Å². The van der Waals surface area contributed by atoms with E-state index in [1.165, 1.54) is 35.7 Å². The molecule has 6 rings (SSSR count). The van der Waals surface area contributed by atoms with Gasteiger partial charge < -0.3 is 9.47 Å². The number of esters is 2. The Morgan fingerprint density at radius 2 is 1.54 bits per heavy atom. The number of carbonyl (C=O) groups excluding carboxylic acids is 3. The van der Waals surface area contributed by atoms with Crippen molar-refractivity contribution in [2.45, 2.75) is 30.4 Å². The van der Waals surface area contributed by atoms with Crippen LogP contribution in [0.5, 0.6) is 0 Å². The number of hydrogen-bond acceptors (Lipinski definition) is 9. The third kappa shape index (κ3) is 6.63. The van der Waals surface area contributed by atoms with Gasteiger partial charge in [0.05, 0.1) is 4.92 Å². The zero-order valence-electron chi connectivity index (χ0n) is 25.9. The van der Waals surface area contributed by atoms with E-state index < -0.39 is 39.8 Å². The van der Waals surface area contributed by atoms with E-state index in [0.29, 0.717) is 11.1 Å². The fraction of sp³-hybridized carbons (Fsp3) is 0.189. The number of nitrogens with zero attached hydrogens (tertiary/aromatic N) is 3. The van der Waals surface area contributed by atoms with Gasteiger partial charge in [-0.3, -0.25) is 29.6 Å². The van der Waals surface area contributed by atoms with Gasteiger partial charge in [-0.2, -0.15) is 0 Å². The maximum absolute atomic E-state index is 14.5. The maximum Gasteiger partial charge on any atom is 0.356 e. The van der Waals surface area contributed by atoms with Gasteiger partial charge in [-0.1, -0.05) is 91.0 Å². The lowest BCUT2D eigenvalue weighted by atomic mass is 9.81. The number of hydrogen-bond donors (Lipinski definition) is 0.